The zero-order valence-electron chi connectivity index (χ0n) is 19.7. The smallest absolute Gasteiger partial charge is 0.266 e. The zero-order chi connectivity index (χ0) is 23.3. The van der Waals surface area contributed by atoms with E-state index in [2.05, 4.69) is 24.0 Å². The third kappa shape index (κ3) is 5.94. The maximum absolute atomic E-state index is 13.0. The highest BCUT2D eigenvalue weighted by atomic mass is 32.2. The minimum Gasteiger partial charge on any atom is -0.490 e. The molecule has 32 heavy (non-hydrogen) atoms. The highest BCUT2D eigenvalue weighted by Crippen LogP contribution is 2.36. The van der Waals surface area contributed by atoms with Crippen molar-refractivity contribution in [3.8, 4) is 11.5 Å². The Kier molecular flexibility index (Phi) is 8.02. The average Bonchev–Trinajstić information content (AvgIpc) is 3.02. The number of hydrogen-bond acceptors (Lipinski definition) is 5. The zero-order valence-corrected chi connectivity index (χ0v) is 20.5. The van der Waals surface area contributed by atoms with Crippen molar-refractivity contribution >= 4 is 28.9 Å². The van der Waals surface area contributed by atoms with E-state index in [9.17, 15) is 4.79 Å². The first kappa shape index (κ1) is 23.9. The van der Waals surface area contributed by atoms with E-state index in [4.69, 9.17) is 9.47 Å². The fourth-order valence-corrected chi connectivity index (χ4v) is 4.60. The van der Waals surface area contributed by atoms with E-state index in [1.807, 2.05) is 71.0 Å². The number of amidine groups is 1. The monoisotopic (exact) mass is 452 g/mol. The van der Waals surface area contributed by atoms with Crippen LogP contribution in [0.4, 0.5) is 0 Å². The van der Waals surface area contributed by atoms with E-state index in [-0.39, 0.29) is 18.0 Å². The Labute approximate surface area is 195 Å². The number of thioether (sulfide) groups is 1. The lowest BCUT2D eigenvalue weighted by molar-refractivity contribution is -0.123. The molecule has 1 aliphatic rings. The number of rotatable bonds is 8. The lowest BCUT2D eigenvalue weighted by Gasteiger charge is -2.20. The molecular weight excluding hydrogens is 420 g/mol. The number of carbonyl (C=O) groups excluding carboxylic acids is 1. The van der Waals surface area contributed by atoms with Crippen LogP contribution in [-0.2, 0) is 11.4 Å². The Morgan fingerprint density at radius 3 is 2.50 bits per heavy atom. The predicted molar refractivity (Wildman–Crippen MR) is 133 cm³/mol. The third-order valence-electron chi connectivity index (χ3n) is 4.76. The molecular formula is C26H32N2O3S. The second kappa shape index (κ2) is 10.7. The van der Waals surface area contributed by atoms with Crippen molar-refractivity contribution in [1.29, 1.82) is 0 Å². The Balaban J connectivity index is 1.84. The van der Waals surface area contributed by atoms with Crippen molar-refractivity contribution in [2.24, 2.45) is 4.99 Å². The van der Waals surface area contributed by atoms with Crippen molar-refractivity contribution in [2.45, 2.75) is 60.2 Å². The highest BCUT2D eigenvalue weighted by Gasteiger charge is 2.35. The van der Waals surface area contributed by atoms with Gasteiger partial charge in [-0.2, -0.15) is 0 Å². The molecule has 2 aromatic rings. The summed E-state index contributed by atoms with van der Waals surface area (Å²) in [6, 6.07) is 14.2. The molecule has 0 atom stereocenters. The van der Waals surface area contributed by atoms with Gasteiger partial charge in [0.2, 0.25) is 0 Å². The molecule has 0 aromatic heterocycles. The summed E-state index contributed by atoms with van der Waals surface area (Å²) in [7, 11) is 0. The number of carbonyl (C=O) groups is 1. The van der Waals surface area contributed by atoms with Crippen LogP contribution in [0, 0.1) is 6.92 Å². The van der Waals surface area contributed by atoms with Gasteiger partial charge in [0, 0.05) is 12.1 Å². The predicted octanol–water partition coefficient (Wildman–Crippen LogP) is 6.06. The van der Waals surface area contributed by atoms with Crippen molar-refractivity contribution in [3.05, 3.63) is 64.1 Å². The molecule has 2 aromatic carbocycles. The maximum Gasteiger partial charge on any atom is 0.266 e. The van der Waals surface area contributed by atoms with Gasteiger partial charge in [-0.25, -0.2) is 0 Å². The molecule has 0 aliphatic carbocycles. The number of ether oxygens (including phenoxy) is 2. The summed E-state index contributed by atoms with van der Waals surface area (Å²) in [6.07, 6.45) is 1.90. The molecule has 1 aliphatic heterocycles. The average molecular weight is 453 g/mol. The molecule has 0 unspecified atom stereocenters. The van der Waals surface area contributed by atoms with Crippen molar-refractivity contribution < 1.29 is 14.3 Å². The van der Waals surface area contributed by atoms with Gasteiger partial charge in [0.05, 0.1) is 11.5 Å². The molecule has 1 saturated heterocycles. The molecule has 0 saturated carbocycles. The van der Waals surface area contributed by atoms with Crippen LogP contribution in [0.1, 0.15) is 51.3 Å². The summed E-state index contributed by atoms with van der Waals surface area (Å²) < 4.78 is 11.9. The first-order valence-corrected chi connectivity index (χ1v) is 11.9. The molecule has 0 bridgehead atoms. The molecule has 1 heterocycles. The molecule has 5 nitrogen and oxygen atoms in total. The van der Waals surface area contributed by atoms with Crippen LogP contribution in [0.5, 0.6) is 11.5 Å². The van der Waals surface area contributed by atoms with Crippen molar-refractivity contribution in [2.75, 3.05) is 6.61 Å². The fraction of sp³-hybridized carbons (Fsp3) is 0.385. The Morgan fingerprint density at radius 2 is 1.84 bits per heavy atom. The van der Waals surface area contributed by atoms with Gasteiger partial charge >= 0.3 is 0 Å². The quantitative estimate of drug-likeness (QED) is 0.457. The van der Waals surface area contributed by atoms with Crippen molar-refractivity contribution in [1.82, 2.24) is 4.90 Å². The summed E-state index contributed by atoms with van der Waals surface area (Å²) in [5.41, 5.74) is 3.20. The summed E-state index contributed by atoms with van der Waals surface area (Å²) in [6.45, 7) is 13.0. The van der Waals surface area contributed by atoms with Gasteiger partial charge in [0.25, 0.3) is 5.91 Å². The molecule has 0 radical (unpaired) electrons. The van der Waals surface area contributed by atoms with Gasteiger partial charge in [-0.15, -0.1) is 0 Å². The third-order valence-corrected chi connectivity index (χ3v) is 5.76. The summed E-state index contributed by atoms with van der Waals surface area (Å²) in [5.74, 6) is 1.34. The van der Waals surface area contributed by atoms with Crippen LogP contribution in [-0.4, -0.2) is 34.7 Å². The fourth-order valence-electron chi connectivity index (χ4n) is 3.37. The van der Waals surface area contributed by atoms with Crippen LogP contribution >= 0.6 is 11.8 Å². The Morgan fingerprint density at radius 1 is 1.06 bits per heavy atom. The SMILES string of the molecule is CCOc1cc(/C=C2/SC(=NC(C)C)N(C(C)C)C2=O)ccc1OCc1cccc(C)c1. The topological polar surface area (TPSA) is 51.1 Å². The Bertz CT molecular complexity index is 1030. The van der Waals surface area contributed by atoms with Crippen LogP contribution < -0.4 is 9.47 Å². The lowest BCUT2D eigenvalue weighted by atomic mass is 10.1. The van der Waals surface area contributed by atoms with Gasteiger partial charge < -0.3 is 9.47 Å². The molecule has 1 amide bonds. The number of hydrogen-bond donors (Lipinski definition) is 0. The van der Waals surface area contributed by atoms with E-state index >= 15 is 0 Å². The van der Waals surface area contributed by atoms with E-state index in [1.54, 1.807) is 4.90 Å². The van der Waals surface area contributed by atoms with Crippen LogP contribution in [0.25, 0.3) is 6.08 Å². The van der Waals surface area contributed by atoms with E-state index in [0.717, 1.165) is 16.3 Å². The lowest BCUT2D eigenvalue weighted by Crippen LogP contribution is -2.35. The van der Waals surface area contributed by atoms with Crippen LogP contribution in [0.3, 0.4) is 0 Å². The molecule has 170 valence electrons. The van der Waals surface area contributed by atoms with Gasteiger partial charge in [0.15, 0.2) is 16.7 Å². The normalized spacial score (nSPS) is 16.6. The Hall–Kier alpha value is -2.73. The number of nitrogens with zero attached hydrogens (tertiary/aromatic N) is 2. The minimum atomic E-state index is -0.0119. The first-order valence-electron chi connectivity index (χ1n) is 11.0. The van der Waals surface area contributed by atoms with Crippen molar-refractivity contribution in [3.63, 3.8) is 0 Å². The van der Waals surface area contributed by atoms with Gasteiger partial charge in [0.1, 0.15) is 6.61 Å². The van der Waals surface area contributed by atoms with Gasteiger partial charge in [-0.1, -0.05) is 35.9 Å². The van der Waals surface area contributed by atoms with Gasteiger partial charge in [-0.3, -0.25) is 14.7 Å². The molecule has 6 heteroatoms. The molecule has 1 fully saturated rings. The largest absolute Gasteiger partial charge is 0.490 e. The molecule has 0 spiro atoms. The summed E-state index contributed by atoms with van der Waals surface area (Å²) in [5, 5.41) is 0.759. The second-order valence-corrected chi connectivity index (χ2v) is 9.31. The maximum atomic E-state index is 13.0. The first-order chi connectivity index (χ1) is 15.3. The van der Waals surface area contributed by atoms with Gasteiger partial charge in [-0.05, 0) is 82.6 Å². The summed E-state index contributed by atoms with van der Waals surface area (Å²) >= 11 is 1.43. The molecule has 0 N–H and O–H groups in total. The minimum absolute atomic E-state index is 0.0119. The second-order valence-electron chi connectivity index (χ2n) is 8.30. The molecule has 3 rings (SSSR count). The number of amides is 1. The van der Waals surface area contributed by atoms with E-state index in [0.29, 0.717) is 29.6 Å². The van der Waals surface area contributed by atoms with Crippen LogP contribution in [0.15, 0.2) is 52.4 Å². The van der Waals surface area contributed by atoms with Crippen LogP contribution in [0.2, 0.25) is 0 Å². The number of aliphatic imine (C=N–C) groups is 1. The number of aryl methyl sites for hydroxylation is 1. The summed E-state index contributed by atoms with van der Waals surface area (Å²) in [4.78, 5) is 20.1. The van der Waals surface area contributed by atoms with E-state index in [1.165, 1.54) is 17.3 Å². The standard InChI is InChI=1S/C26H32N2O3S/c1-7-30-23-14-20(11-12-22(23)31-16-21-10-8-9-19(6)13-21)15-24-25(29)28(18(4)5)26(32-24)27-17(2)3/h8-15,17-18H,7,16H2,1-6H3/b24-15+,27-26?. The van der Waals surface area contributed by atoms with E-state index < -0.39 is 0 Å². The highest BCUT2D eigenvalue weighted by molar-refractivity contribution is 8.18. The number of benzene rings is 2.